The standard InChI is InChI=1S/C14H22N6O2S/c1-3-21-14-18-17-13(23-14)7-15-11-5-4-6-20(8-11)9-12-16-10(2)22-19-12/h11,15H,3-9H2,1-2H3/t11-/m1/s1. The van der Waals surface area contributed by atoms with Crippen molar-refractivity contribution in [2.24, 2.45) is 0 Å². The van der Waals surface area contributed by atoms with Gasteiger partial charge in [-0.2, -0.15) is 4.98 Å². The molecule has 0 unspecified atom stereocenters. The molecule has 1 N–H and O–H groups in total. The lowest BCUT2D eigenvalue weighted by molar-refractivity contribution is 0.177. The second kappa shape index (κ2) is 7.80. The first kappa shape index (κ1) is 16.3. The Kier molecular flexibility index (Phi) is 5.52. The van der Waals surface area contributed by atoms with E-state index in [4.69, 9.17) is 9.26 Å². The van der Waals surface area contributed by atoms with Crippen molar-refractivity contribution in [1.82, 2.24) is 30.6 Å². The lowest BCUT2D eigenvalue weighted by Gasteiger charge is -2.32. The lowest BCUT2D eigenvalue weighted by Crippen LogP contribution is -2.45. The normalized spacial score (nSPS) is 19.1. The highest BCUT2D eigenvalue weighted by Gasteiger charge is 2.21. The van der Waals surface area contributed by atoms with Gasteiger partial charge in [-0.25, -0.2) is 0 Å². The molecule has 0 radical (unpaired) electrons. The third kappa shape index (κ3) is 4.69. The van der Waals surface area contributed by atoms with Gasteiger partial charge in [0.2, 0.25) is 5.89 Å². The molecular formula is C14H22N6O2S. The molecule has 126 valence electrons. The van der Waals surface area contributed by atoms with Gasteiger partial charge < -0.3 is 14.6 Å². The first-order valence-electron chi connectivity index (χ1n) is 7.93. The molecule has 0 amide bonds. The van der Waals surface area contributed by atoms with Gasteiger partial charge in [-0.05, 0) is 26.3 Å². The summed E-state index contributed by atoms with van der Waals surface area (Å²) in [6, 6.07) is 0.441. The van der Waals surface area contributed by atoms with Crippen LogP contribution in [0.2, 0.25) is 0 Å². The Morgan fingerprint density at radius 1 is 1.43 bits per heavy atom. The Balaban J connectivity index is 1.46. The number of aromatic nitrogens is 4. The zero-order valence-corrected chi connectivity index (χ0v) is 14.3. The van der Waals surface area contributed by atoms with Crippen molar-refractivity contribution in [2.45, 2.75) is 45.8 Å². The monoisotopic (exact) mass is 338 g/mol. The van der Waals surface area contributed by atoms with Crippen molar-refractivity contribution in [2.75, 3.05) is 19.7 Å². The molecule has 2 aromatic rings. The van der Waals surface area contributed by atoms with Crippen molar-refractivity contribution in [3.05, 3.63) is 16.7 Å². The number of piperidine rings is 1. The number of nitrogens with one attached hydrogen (secondary N) is 1. The molecule has 1 fully saturated rings. The topological polar surface area (TPSA) is 89.2 Å². The maximum atomic E-state index is 5.35. The SMILES string of the molecule is CCOc1nnc(CN[C@@H]2CCCN(Cc3noc(C)n3)C2)s1. The number of rotatable bonds is 7. The van der Waals surface area contributed by atoms with Crippen LogP contribution in [0.4, 0.5) is 0 Å². The van der Waals surface area contributed by atoms with Crippen LogP contribution >= 0.6 is 11.3 Å². The summed E-state index contributed by atoms with van der Waals surface area (Å²) in [5.41, 5.74) is 0. The van der Waals surface area contributed by atoms with Crippen molar-refractivity contribution >= 4 is 11.3 Å². The minimum absolute atomic E-state index is 0.441. The minimum atomic E-state index is 0.441. The molecule has 3 rings (SSSR count). The number of likely N-dealkylation sites (tertiary alicyclic amines) is 1. The van der Waals surface area contributed by atoms with E-state index in [1.807, 2.05) is 13.8 Å². The zero-order valence-electron chi connectivity index (χ0n) is 13.5. The van der Waals surface area contributed by atoms with Crippen LogP contribution < -0.4 is 10.1 Å². The molecule has 0 bridgehead atoms. The van der Waals surface area contributed by atoms with Crippen molar-refractivity contribution in [3.63, 3.8) is 0 Å². The molecule has 0 spiro atoms. The molecule has 0 saturated carbocycles. The highest BCUT2D eigenvalue weighted by molar-refractivity contribution is 7.13. The van der Waals surface area contributed by atoms with Gasteiger partial charge in [-0.1, -0.05) is 16.5 Å². The summed E-state index contributed by atoms with van der Waals surface area (Å²) in [5.74, 6) is 1.38. The van der Waals surface area contributed by atoms with E-state index in [0.717, 1.165) is 43.4 Å². The molecular weight excluding hydrogens is 316 g/mol. The van der Waals surface area contributed by atoms with Crippen LogP contribution in [-0.4, -0.2) is 51.0 Å². The Labute approximate surface area is 139 Å². The average molecular weight is 338 g/mol. The number of hydrogen-bond donors (Lipinski definition) is 1. The Bertz CT molecular complexity index is 616. The number of hydrogen-bond acceptors (Lipinski definition) is 9. The predicted octanol–water partition coefficient (Wildman–Crippen LogP) is 1.38. The summed E-state index contributed by atoms with van der Waals surface area (Å²) >= 11 is 1.50. The highest BCUT2D eigenvalue weighted by Crippen LogP contribution is 2.18. The third-order valence-corrected chi connectivity index (χ3v) is 4.53. The van der Waals surface area contributed by atoms with Gasteiger partial charge in [0.15, 0.2) is 5.82 Å². The fraction of sp³-hybridized carbons (Fsp3) is 0.714. The second-order valence-electron chi connectivity index (χ2n) is 5.58. The van der Waals surface area contributed by atoms with Crippen molar-refractivity contribution in [1.29, 1.82) is 0 Å². The molecule has 2 aromatic heterocycles. The van der Waals surface area contributed by atoms with Crippen LogP contribution in [0.5, 0.6) is 5.19 Å². The second-order valence-corrected chi connectivity index (χ2v) is 6.60. The van der Waals surface area contributed by atoms with E-state index >= 15 is 0 Å². The summed E-state index contributed by atoms with van der Waals surface area (Å²) < 4.78 is 10.4. The van der Waals surface area contributed by atoms with E-state index in [1.165, 1.54) is 17.8 Å². The molecule has 9 heteroatoms. The third-order valence-electron chi connectivity index (χ3n) is 3.70. The molecule has 8 nitrogen and oxygen atoms in total. The van der Waals surface area contributed by atoms with Crippen LogP contribution in [0.1, 0.15) is 36.5 Å². The number of nitrogens with zero attached hydrogens (tertiary/aromatic N) is 5. The van der Waals surface area contributed by atoms with Gasteiger partial charge in [0.05, 0.1) is 19.7 Å². The molecule has 23 heavy (non-hydrogen) atoms. The van der Waals surface area contributed by atoms with E-state index in [0.29, 0.717) is 23.7 Å². The molecule has 0 aliphatic carbocycles. The quantitative estimate of drug-likeness (QED) is 0.810. The largest absolute Gasteiger partial charge is 0.469 e. The highest BCUT2D eigenvalue weighted by atomic mass is 32.1. The van der Waals surface area contributed by atoms with E-state index in [2.05, 4.69) is 30.6 Å². The zero-order chi connectivity index (χ0) is 16.1. The Morgan fingerprint density at radius 2 is 2.35 bits per heavy atom. The van der Waals surface area contributed by atoms with Crippen LogP contribution in [0.3, 0.4) is 0 Å². The summed E-state index contributed by atoms with van der Waals surface area (Å²) in [7, 11) is 0. The minimum Gasteiger partial charge on any atom is -0.469 e. The molecule has 1 saturated heterocycles. The number of aryl methyl sites for hydroxylation is 1. The van der Waals surface area contributed by atoms with E-state index in [9.17, 15) is 0 Å². The first-order valence-corrected chi connectivity index (χ1v) is 8.74. The lowest BCUT2D eigenvalue weighted by atomic mass is 10.1. The van der Waals surface area contributed by atoms with E-state index in [-0.39, 0.29) is 0 Å². The van der Waals surface area contributed by atoms with Gasteiger partial charge in [0.1, 0.15) is 5.01 Å². The molecule has 0 aromatic carbocycles. The molecule has 3 heterocycles. The van der Waals surface area contributed by atoms with Crippen LogP contribution in [0.25, 0.3) is 0 Å². The van der Waals surface area contributed by atoms with Crippen molar-refractivity contribution < 1.29 is 9.26 Å². The predicted molar refractivity (Wildman–Crippen MR) is 85.3 cm³/mol. The average Bonchev–Trinajstić information content (AvgIpc) is 3.15. The maximum absolute atomic E-state index is 5.35. The van der Waals surface area contributed by atoms with Crippen LogP contribution in [0, 0.1) is 6.92 Å². The van der Waals surface area contributed by atoms with Gasteiger partial charge >= 0.3 is 0 Å². The van der Waals surface area contributed by atoms with Crippen molar-refractivity contribution in [3.8, 4) is 5.19 Å². The van der Waals surface area contributed by atoms with E-state index < -0.39 is 0 Å². The van der Waals surface area contributed by atoms with Gasteiger partial charge in [0, 0.05) is 19.5 Å². The van der Waals surface area contributed by atoms with Gasteiger partial charge in [-0.3, -0.25) is 4.90 Å². The Hall–Kier alpha value is -1.58. The fourth-order valence-electron chi connectivity index (χ4n) is 2.69. The first-order chi connectivity index (χ1) is 11.2. The fourth-order valence-corrected chi connectivity index (χ4v) is 3.39. The van der Waals surface area contributed by atoms with Crippen LogP contribution in [-0.2, 0) is 13.1 Å². The van der Waals surface area contributed by atoms with Gasteiger partial charge in [0.25, 0.3) is 5.19 Å². The number of ether oxygens (including phenoxy) is 1. The smallest absolute Gasteiger partial charge is 0.294 e. The van der Waals surface area contributed by atoms with Gasteiger partial charge in [-0.15, -0.1) is 10.2 Å². The summed E-state index contributed by atoms with van der Waals surface area (Å²) in [6.07, 6.45) is 2.33. The molecule has 1 atom stereocenters. The molecule has 1 aliphatic rings. The maximum Gasteiger partial charge on any atom is 0.294 e. The Morgan fingerprint density at radius 3 is 3.13 bits per heavy atom. The summed E-state index contributed by atoms with van der Waals surface area (Å²) in [4.78, 5) is 6.63. The molecule has 1 aliphatic heterocycles. The van der Waals surface area contributed by atoms with Crippen LogP contribution in [0.15, 0.2) is 4.52 Å². The van der Waals surface area contributed by atoms with E-state index in [1.54, 1.807) is 0 Å². The summed E-state index contributed by atoms with van der Waals surface area (Å²) in [5, 5.41) is 17.3. The summed E-state index contributed by atoms with van der Waals surface area (Å²) in [6.45, 7) is 7.89.